The monoisotopic (exact) mass is 339 g/mol. The summed E-state index contributed by atoms with van der Waals surface area (Å²) in [6, 6.07) is 5.89. The molecule has 0 aliphatic heterocycles. The topological polar surface area (TPSA) is 41.5 Å². The minimum Gasteiger partial charge on any atom is -0.481 e. The Morgan fingerprint density at radius 2 is 2.30 bits per heavy atom. The number of hydrogen-bond acceptors (Lipinski definition) is 3. The number of halogens is 1. The number of aliphatic hydroxyl groups is 1. The zero-order valence-corrected chi connectivity index (χ0v) is 13.4. The van der Waals surface area contributed by atoms with Crippen LogP contribution < -0.4 is 10.1 Å². The van der Waals surface area contributed by atoms with Crippen molar-refractivity contribution in [3.63, 3.8) is 0 Å². The smallest absolute Gasteiger partial charge is 0.148 e. The molecule has 0 amide bonds. The SMILES string of the molecule is C#CCOc1ccc(Br)cc1CNCC(CC)CCO. The number of terminal acetylenes is 1. The highest BCUT2D eigenvalue weighted by Crippen LogP contribution is 2.23. The Bertz CT molecular complexity index is 443. The second-order valence-electron chi connectivity index (χ2n) is 4.66. The summed E-state index contributed by atoms with van der Waals surface area (Å²) in [4.78, 5) is 0. The number of ether oxygens (including phenoxy) is 1. The lowest BCUT2D eigenvalue weighted by Gasteiger charge is -2.16. The fraction of sp³-hybridized carbons (Fsp3) is 0.500. The zero-order valence-electron chi connectivity index (χ0n) is 11.9. The lowest BCUT2D eigenvalue weighted by molar-refractivity contribution is 0.251. The molecule has 1 rings (SSSR count). The molecule has 1 atom stereocenters. The summed E-state index contributed by atoms with van der Waals surface area (Å²) < 4.78 is 6.55. The minimum absolute atomic E-state index is 0.244. The van der Waals surface area contributed by atoms with Gasteiger partial charge in [-0.2, -0.15) is 0 Å². The van der Waals surface area contributed by atoms with E-state index in [0.29, 0.717) is 5.92 Å². The maximum Gasteiger partial charge on any atom is 0.148 e. The molecule has 20 heavy (non-hydrogen) atoms. The summed E-state index contributed by atoms with van der Waals surface area (Å²) in [6.07, 6.45) is 7.12. The molecule has 0 saturated carbocycles. The largest absolute Gasteiger partial charge is 0.481 e. The highest BCUT2D eigenvalue weighted by atomic mass is 79.9. The number of rotatable bonds is 9. The van der Waals surface area contributed by atoms with Gasteiger partial charge in [-0.15, -0.1) is 6.42 Å². The third kappa shape index (κ3) is 5.96. The van der Waals surface area contributed by atoms with Crippen LogP contribution in [0.1, 0.15) is 25.3 Å². The summed E-state index contributed by atoms with van der Waals surface area (Å²) in [5.74, 6) is 3.79. The highest BCUT2D eigenvalue weighted by Gasteiger charge is 2.07. The first-order valence-corrected chi connectivity index (χ1v) is 7.66. The van der Waals surface area contributed by atoms with Crippen LogP contribution in [0.3, 0.4) is 0 Å². The number of hydrogen-bond donors (Lipinski definition) is 2. The normalized spacial score (nSPS) is 11.9. The van der Waals surface area contributed by atoms with Gasteiger partial charge in [-0.3, -0.25) is 0 Å². The molecule has 0 bridgehead atoms. The Labute approximate surface area is 129 Å². The van der Waals surface area contributed by atoms with Crippen LogP contribution in [-0.4, -0.2) is 24.9 Å². The molecule has 1 unspecified atom stereocenters. The van der Waals surface area contributed by atoms with Gasteiger partial charge in [-0.25, -0.2) is 0 Å². The van der Waals surface area contributed by atoms with Crippen LogP contribution in [0.5, 0.6) is 5.75 Å². The quantitative estimate of drug-likeness (QED) is 0.679. The van der Waals surface area contributed by atoms with Crippen LogP contribution in [0.4, 0.5) is 0 Å². The van der Waals surface area contributed by atoms with Gasteiger partial charge in [0.05, 0.1) is 0 Å². The van der Waals surface area contributed by atoms with Gasteiger partial charge in [-0.05, 0) is 37.1 Å². The third-order valence-corrected chi connectivity index (χ3v) is 3.69. The van der Waals surface area contributed by atoms with Crippen molar-refractivity contribution < 1.29 is 9.84 Å². The van der Waals surface area contributed by atoms with Gasteiger partial charge in [-0.1, -0.05) is 35.2 Å². The predicted octanol–water partition coefficient (Wildman–Crippen LogP) is 2.96. The Hall–Kier alpha value is -1.02. The van der Waals surface area contributed by atoms with Crippen LogP contribution >= 0.6 is 15.9 Å². The Balaban J connectivity index is 2.57. The molecule has 0 spiro atoms. The molecular formula is C16H22BrNO2. The number of benzene rings is 1. The van der Waals surface area contributed by atoms with Crippen LogP contribution in [-0.2, 0) is 6.54 Å². The van der Waals surface area contributed by atoms with Crippen LogP contribution in [0.25, 0.3) is 0 Å². The first-order valence-electron chi connectivity index (χ1n) is 6.87. The van der Waals surface area contributed by atoms with Gasteiger partial charge in [0.1, 0.15) is 12.4 Å². The molecule has 1 aromatic carbocycles. The van der Waals surface area contributed by atoms with E-state index in [4.69, 9.17) is 16.3 Å². The second kappa shape index (κ2) is 9.82. The molecule has 0 aliphatic rings. The van der Waals surface area contributed by atoms with Crippen molar-refractivity contribution in [2.24, 2.45) is 5.92 Å². The van der Waals surface area contributed by atoms with E-state index in [1.54, 1.807) is 0 Å². The first kappa shape index (κ1) is 17.0. The fourth-order valence-electron chi connectivity index (χ4n) is 1.99. The van der Waals surface area contributed by atoms with E-state index in [-0.39, 0.29) is 13.2 Å². The van der Waals surface area contributed by atoms with Crippen molar-refractivity contribution in [1.29, 1.82) is 0 Å². The van der Waals surface area contributed by atoms with E-state index in [1.807, 2.05) is 18.2 Å². The number of aliphatic hydroxyl groups excluding tert-OH is 1. The zero-order chi connectivity index (χ0) is 14.8. The molecule has 1 aromatic rings. The van der Waals surface area contributed by atoms with Gasteiger partial charge < -0.3 is 15.2 Å². The van der Waals surface area contributed by atoms with E-state index in [2.05, 4.69) is 34.1 Å². The Kier molecular flexibility index (Phi) is 8.36. The van der Waals surface area contributed by atoms with Gasteiger partial charge in [0.15, 0.2) is 0 Å². The molecule has 4 heteroatoms. The van der Waals surface area contributed by atoms with E-state index in [1.165, 1.54) is 0 Å². The fourth-order valence-corrected chi connectivity index (χ4v) is 2.40. The average molecular weight is 340 g/mol. The summed E-state index contributed by atoms with van der Waals surface area (Å²) in [5.41, 5.74) is 1.08. The van der Waals surface area contributed by atoms with E-state index in [9.17, 15) is 0 Å². The van der Waals surface area contributed by atoms with Gasteiger partial charge in [0, 0.05) is 23.2 Å². The average Bonchev–Trinajstić information content (AvgIpc) is 2.45. The van der Waals surface area contributed by atoms with E-state index in [0.717, 1.165) is 41.7 Å². The molecule has 0 aromatic heterocycles. The second-order valence-corrected chi connectivity index (χ2v) is 5.58. The minimum atomic E-state index is 0.244. The number of nitrogens with one attached hydrogen (secondary N) is 1. The lowest BCUT2D eigenvalue weighted by atomic mass is 10.0. The van der Waals surface area contributed by atoms with Gasteiger partial charge in [0.25, 0.3) is 0 Å². The lowest BCUT2D eigenvalue weighted by Crippen LogP contribution is -2.23. The van der Waals surface area contributed by atoms with Crippen molar-refractivity contribution in [1.82, 2.24) is 5.32 Å². The van der Waals surface area contributed by atoms with Crippen molar-refractivity contribution in [2.45, 2.75) is 26.3 Å². The van der Waals surface area contributed by atoms with Crippen LogP contribution in [0.2, 0.25) is 0 Å². The Morgan fingerprint density at radius 1 is 1.50 bits per heavy atom. The summed E-state index contributed by atoms with van der Waals surface area (Å²) in [5, 5.41) is 12.4. The molecule has 0 fully saturated rings. The molecular weight excluding hydrogens is 318 g/mol. The van der Waals surface area contributed by atoms with Crippen molar-refractivity contribution >= 4 is 15.9 Å². The summed E-state index contributed by atoms with van der Waals surface area (Å²) in [7, 11) is 0. The summed E-state index contributed by atoms with van der Waals surface area (Å²) in [6.45, 7) is 4.27. The van der Waals surface area contributed by atoms with Crippen molar-refractivity contribution in [3.8, 4) is 18.1 Å². The molecule has 0 aliphatic carbocycles. The molecule has 110 valence electrons. The van der Waals surface area contributed by atoms with Crippen molar-refractivity contribution in [2.75, 3.05) is 19.8 Å². The van der Waals surface area contributed by atoms with Gasteiger partial charge in [0.2, 0.25) is 0 Å². The molecule has 0 heterocycles. The van der Waals surface area contributed by atoms with Gasteiger partial charge >= 0.3 is 0 Å². The Morgan fingerprint density at radius 3 is 2.95 bits per heavy atom. The first-order chi connectivity index (χ1) is 9.71. The van der Waals surface area contributed by atoms with Crippen LogP contribution in [0, 0.1) is 18.3 Å². The van der Waals surface area contributed by atoms with E-state index >= 15 is 0 Å². The molecule has 0 saturated heterocycles. The maximum absolute atomic E-state index is 8.99. The predicted molar refractivity (Wildman–Crippen MR) is 85.7 cm³/mol. The molecule has 2 N–H and O–H groups in total. The standard InChI is InChI=1S/C16H22BrNO2/c1-3-9-20-16-6-5-15(17)10-14(16)12-18-11-13(4-2)7-8-19/h1,5-6,10,13,18-19H,4,7-9,11-12H2,2H3. The molecule has 3 nitrogen and oxygen atoms in total. The molecule has 0 radical (unpaired) electrons. The summed E-state index contributed by atoms with van der Waals surface area (Å²) >= 11 is 3.47. The maximum atomic E-state index is 8.99. The highest BCUT2D eigenvalue weighted by molar-refractivity contribution is 9.10. The van der Waals surface area contributed by atoms with E-state index < -0.39 is 0 Å². The van der Waals surface area contributed by atoms with Crippen molar-refractivity contribution in [3.05, 3.63) is 28.2 Å². The third-order valence-electron chi connectivity index (χ3n) is 3.20. The van der Waals surface area contributed by atoms with Crippen LogP contribution in [0.15, 0.2) is 22.7 Å².